The summed E-state index contributed by atoms with van der Waals surface area (Å²) < 4.78 is 10.9. The van der Waals surface area contributed by atoms with E-state index in [1.807, 2.05) is 30.5 Å². The Morgan fingerprint density at radius 3 is 1.50 bits per heavy atom. The molecule has 0 atom stereocenters. The molecule has 1 aliphatic heterocycles. The predicted octanol–water partition coefficient (Wildman–Crippen LogP) is 7.21. The fourth-order valence-electron chi connectivity index (χ4n) is 4.53. The second-order valence-corrected chi connectivity index (χ2v) is 8.55. The van der Waals surface area contributed by atoms with Gasteiger partial charge in [0.1, 0.15) is 11.5 Å². The summed E-state index contributed by atoms with van der Waals surface area (Å²) in [6, 6.07) is 36.0. The average Bonchev–Trinajstić information content (AvgIpc) is 2.97. The van der Waals surface area contributed by atoms with E-state index in [9.17, 15) is 0 Å². The van der Waals surface area contributed by atoms with Crippen molar-refractivity contribution in [2.75, 3.05) is 20.8 Å². The van der Waals surface area contributed by atoms with E-state index in [1.54, 1.807) is 14.2 Å². The van der Waals surface area contributed by atoms with Gasteiger partial charge in [-0.2, -0.15) is 0 Å². The van der Waals surface area contributed by atoms with E-state index in [0.717, 1.165) is 45.9 Å². The van der Waals surface area contributed by atoms with Crippen molar-refractivity contribution in [1.82, 2.24) is 5.32 Å². The Balaban J connectivity index is 1.73. The first-order valence-electron chi connectivity index (χ1n) is 12.1. The fraction of sp³-hybridized carbons (Fsp3) is 0.0909. The van der Waals surface area contributed by atoms with E-state index in [0.29, 0.717) is 0 Å². The number of allylic oxidation sites excluding steroid dienone is 2. The molecule has 4 aromatic carbocycles. The van der Waals surface area contributed by atoms with Crippen LogP contribution in [0, 0.1) is 0 Å². The fourth-order valence-corrected chi connectivity index (χ4v) is 4.53. The molecule has 0 bridgehead atoms. The number of rotatable bonds is 7. The van der Waals surface area contributed by atoms with Crippen molar-refractivity contribution < 1.29 is 9.47 Å². The molecule has 5 rings (SSSR count). The van der Waals surface area contributed by atoms with Crippen LogP contribution in [0.2, 0.25) is 0 Å². The lowest BCUT2D eigenvalue weighted by atomic mass is 9.85. The Hall–Kier alpha value is -4.50. The first-order valence-corrected chi connectivity index (χ1v) is 12.1. The molecular formula is C33H29NO2. The smallest absolute Gasteiger partial charge is 0.118 e. The number of nitrogens with one attached hydrogen (secondary N) is 1. The topological polar surface area (TPSA) is 30.5 Å². The van der Waals surface area contributed by atoms with E-state index in [-0.39, 0.29) is 0 Å². The van der Waals surface area contributed by atoms with Crippen LogP contribution in [0.3, 0.4) is 0 Å². The van der Waals surface area contributed by atoms with Crippen molar-refractivity contribution in [3.05, 3.63) is 149 Å². The van der Waals surface area contributed by atoms with E-state index >= 15 is 0 Å². The van der Waals surface area contributed by atoms with E-state index in [4.69, 9.17) is 9.47 Å². The van der Waals surface area contributed by atoms with Gasteiger partial charge < -0.3 is 14.8 Å². The first-order chi connectivity index (χ1) is 17.8. The normalized spacial score (nSPS) is 12.3. The lowest BCUT2D eigenvalue weighted by Gasteiger charge is -2.19. The van der Waals surface area contributed by atoms with Crippen molar-refractivity contribution in [2.45, 2.75) is 0 Å². The van der Waals surface area contributed by atoms with Crippen LogP contribution in [0.1, 0.15) is 27.8 Å². The Kier molecular flexibility index (Phi) is 7.00. The summed E-state index contributed by atoms with van der Waals surface area (Å²) in [6.45, 7) is 0.849. The Morgan fingerprint density at radius 1 is 0.583 bits per heavy atom. The van der Waals surface area contributed by atoms with Crippen molar-refractivity contribution in [2.24, 2.45) is 0 Å². The summed E-state index contributed by atoms with van der Waals surface area (Å²) in [5, 5.41) is 3.22. The number of hydrogen-bond acceptors (Lipinski definition) is 3. The van der Waals surface area contributed by atoms with Gasteiger partial charge in [-0.1, -0.05) is 84.9 Å². The summed E-state index contributed by atoms with van der Waals surface area (Å²) in [7, 11) is 3.39. The van der Waals surface area contributed by atoms with Crippen LogP contribution in [0.4, 0.5) is 0 Å². The molecule has 0 aromatic heterocycles. The Morgan fingerprint density at radius 2 is 1.06 bits per heavy atom. The summed E-state index contributed by atoms with van der Waals surface area (Å²) in [6.07, 6.45) is 6.33. The SMILES string of the molecule is COc1ccc(C(=C(c2ccccc2)c2ccc(C3=CCNC=C3)cc2)c2ccc(OC)cc2)cc1. The lowest BCUT2D eigenvalue weighted by Crippen LogP contribution is -2.08. The Labute approximate surface area is 213 Å². The second kappa shape index (κ2) is 10.8. The molecule has 0 amide bonds. The highest BCUT2D eigenvalue weighted by molar-refractivity contribution is 6.04. The standard InChI is InChI=1S/C33H29NO2/c1-35-30-16-12-28(13-17-30)33(29-14-18-31(36-2)19-15-29)32(26-6-4-3-5-7-26)27-10-8-24(9-11-27)25-20-22-34-23-21-25/h3-22,34H,23H2,1-2H3. The van der Waals surface area contributed by atoms with Crippen LogP contribution in [-0.2, 0) is 0 Å². The Bertz CT molecular complexity index is 1350. The van der Waals surface area contributed by atoms with Gasteiger partial charge in [0.25, 0.3) is 0 Å². The zero-order valence-electron chi connectivity index (χ0n) is 20.6. The molecule has 1 heterocycles. The maximum atomic E-state index is 5.44. The van der Waals surface area contributed by atoms with Crippen LogP contribution < -0.4 is 14.8 Å². The average molecular weight is 472 g/mol. The van der Waals surface area contributed by atoms with E-state index in [2.05, 4.69) is 96.3 Å². The van der Waals surface area contributed by atoms with Gasteiger partial charge in [-0.15, -0.1) is 0 Å². The minimum absolute atomic E-state index is 0.835. The predicted molar refractivity (Wildman–Crippen MR) is 149 cm³/mol. The molecule has 0 aliphatic carbocycles. The minimum Gasteiger partial charge on any atom is -0.497 e. The van der Waals surface area contributed by atoms with Crippen LogP contribution in [-0.4, -0.2) is 20.8 Å². The zero-order valence-corrected chi connectivity index (χ0v) is 20.6. The molecule has 0 unspecified atom stereocenters. The molecule has 4 aromatic rings. The van der Waals surface area contributed by atoms with Crippen molar-refractivity contribution >= 4 is 16.7 Å². The molecule has 1 N–H and O–H groups in total. The molecule has 1 aliphatic rings. The van der Waals surface area contributed by atoms with E-state index < -0.39 is 0 Å². The molecule has 0 fully saturated rings. The van der Waals surface area contributed by atoms with Crippen LogP contribution >= 0.6 is 0 Å². The maximum absolute atomic E-state index is 5.44. The minimum atomic E-state index is 0.835. The summed E-state index contributed by atoms with van der Waals surface area (Å²) in [4.78, 5) is 0. The lowest BCUT2D eigenvalue weighted by molar-refractivity contribution is 0.414. The highest BCUT2D eigenvalue weighted by Crippen LogP contribution is 2.38. The van der Waals surface area contributed by atoms with Crippen LogP contribution in [0.5, 0.6) is 11.5 Å². The first kappa shape index (κ1) is 23.3. The van der Waals surface area contributed by atoms with Gasteiger partial charge in [0.05, 0.1) is 14.2 Å². The highest BCUT2D eigenvalue weighted by Gasteiger charge is 2.17. The van der Waals surface area contributed by atoms with Gasteiger partial charge in [-0.3, -0.25) is 0 Å². The summed E-state index contributed by atoms with van der Waals surface area (Å²) in [5.74, 6) is 1.67. The largest absolute Gasteiger partial charge is 0.497 e. The molecule has 3 heteroatoms. The molecular weight excluding hydrogens is 442 g/mol. The summed E-state index contributed by atoms with van der Waals surface area (Å²) in [5.41, 5.74) is 9.32. The third-order valence-electron chi connectivity index (χ3n) is 6.40. The van der Waals surface area contributed by atoms with Gasteiger partial charge in [-0.05, 0) is 81.1 Å². The van der Waals surface area contributed by atoms with Gasteiger partial charge in [0.2, 0.25) is 0 Å². The van der Waals surface area contributed by atoms with E-state index in [1.165, 1.54) is 16.7 Å². The molecule has 36 heavy (non-hydrogen) atoms. The zero-order chi connectivity index (χ0) is 24.7. The third-order valence-corrected chi connectivity index (χ3v) is 6.40. The molecule has 0 radical (unpaired) electrons. The quantitative estimate of drug-likeness (QED) is 0.289. The summed E-state index contributed by atoms with van der Waals surface area (Å²) >= 11 is 0. The number of hydrogen-bond donors (Lipinski definition) is 1. The monoisotopic (exact) mass is 471 g/mol. The number of ether oxygens (including phenoxy) is 2. The van der Waals surface area contributed by atoms with Gasteiger partial charge in [0.15, 0.2) is 0 Å². The van der Waals surface area contributed by atoms with Crippen molar-refractivity contribution in [3.63, 3.8) is 0 Å². The highest BCUT2D eigenvalue weighted by atomic mass is 16.5. The molecule has 0 saturated carbocycles. The molecule has 0 spiro atoms. The van der Waals surface area contributed by atoms with Gasteiger partial charge in [-0.25, -0.2) is 0 Å². The van der Waals surface area contributed by atoms with Crippen molar-refractivity contribution in [3.8, 4) is 11.5 Å². The maximum Gasteiger partial charge on any atom is 0.118 e. The van der Waals surface area contributed by atoms with Crippen LogP contribution in [0.15, 0.2) is 121 Å². The molecule has 178 valence electrons. The number of dihydropyridines is 1. The third kappa shape index (κ3) is 4.96. The molecule has 3 nitrogen and oxygen atoms in total. The van der Waals surface area contributed by atoms with Gasteiger partial charge in [0, 0.05) is 6.54 Å². The van der Waals surface area contributed by atoms with Crippen LogP contribution in [0.25, 0.3) is 16.7 Å². The number of benzene rings is 4. The molecule has 0 saturated heterocycles. The second-order valence-electron chi connectivity index (χ2n) is 8.55. The number of methoxy groups -OCH3 is 2. The van der Waals surface area contributed by atoms with Gasteiger partial charge >= 0.3 is 0 Å². The van der Waals surface area contributed by atoms with Crippen molar-refractivity contribution in [1.29, 1.82) is 0 Å².